The standard InChI is InChI=1S/C14H12ClF2NO3S/c1-21-13-4-2-9(6-11(13)15)8-18-22(19,20)14-5-3-10(16)7-12(14)17/h2-7,18H,8H2,1H3. The molecule has 4 nitrogen and oxygen atoms in total. The Labute approximate surface area is 131 Å². The van der Waals surface area contributed by atoms with E-state index in [1.54, 1.807) is 12.1 Å². The molecule has 0 saturated heterocycles. The second-order valence-electron chi connectivity index (χ2n) is 4.37. The van der Waals surface area contributed by atoms with Gasteiger partial charge in [-0.05, 0) is 29.8 Å². The van der Waals surface area contributed by atoms with E-state index in [2.05, 4.69) is 4.72 Å². The SMILES string of the molecule is COc1ccc(CNS(=O)(=O)c2ccc(F)cc2F)cc1Cl. The van der Waals surface area contributed by atoms with Gasteiger partial charge in [0.1, 0.15) is 22.3 Å². The molecule has 2 rings (SSSR count). The first kappa shape index (κ1) is 16.7. The molecule has 0 radical (unpaired) electrons. The Morgan fingerprint density at radius 1 is 1.18 bits per heavy atom. The minimum atomic E-state index is -4.10. The maximum absolute atomic E-state index is 13.5. The van der Waals surface area contributed by atoms with Crippen LogP contribution in [-0.4, -0.2) is 15.5 Å². The number of methoxy groups -OCH3 is 1. The number of benzene rings is 2. The van der Waals surface area contributed by atoms with Crippen molar-refractivity contribution in [2.75, 3.05) is 7.11 Å². The first-order chi connectivity index (χ1) is 10.3. The van der Waals surface area contributed by atoms with Gasteiger partial charge in [-0.1, -0.05) is 17.7 Å². The summed E-state index contributed by atoms with van der Waals surface area (Å²) in [5.41, 5.74) is 0.567. The van der Waals surface area contributed by atoms with Gasteiger partial charge in [-0.3, -0.25) is 0 Å². The molecule has 0 aromatic heterocycles. The van der Waals surface area contributed by atoms with Crippen molar-refractivity contribution < 1.29 is 21.9 Å². The van der Waals surface area contributed by atoms with Crippen molar-refractivity contribution in [3.8, 4) is 5.75 Å². The molecular weight excluding hydrogens is 336 g/mol. The van der Waals surface area contributed by atoms with Crippen LogP contribution in [0.1, 0.15) is 5.56 Å². The zero-order chi connectivity index (χ0) is 16.3. The highest BCUT2D eigenvalue weighted by molar-refractivity contribution is 7.89. The maximum Gasteiger partial charge on any atom is 0.243 e. The predicted molar refractivity (Wildman–Crippen MR) is 78.4 cm³/mol. The van der Waals surface area contributed by atoms with Crippen LogP contribution < -0.4 is 9.46 Å². The smallest absolute Gasteiger partial charge is 0.243 e. The molecule has 0 spiro atoms. The highest BCUT2D eigenvalue weighted by Gasteiger charge is 2.19. The summed E-state index contributed by atoms with van der Waals surface area (Å²) < 4.78 is 57.6. The number of rotatable bonds is 5. The minimum absolute atomic E-state index is 0.0944. The van der Waals surface area contributed by atoms with Crippen molar-refractivity contribution in [3.05, 3.63) is 58.6 Å². The maximum atomic E-state index is 13.5. The van der Waals surface area contributed by atoms with Crippen molar-refractivity contribution in [1.82, 2.24) is 4.72 Å². The van der Waals surface area contributed by atoms with Crippen molar-refractivity contribution in [2.24, 2.45) is 0 Å². The van der Waals surface area contributed by atoms with E-state index in [1.807, 2.05) is 0 Å². The van der Waals surface area contributed by atoms with E-state index in [4.69, 9.17) is 16.3 Å². The number of ether oxygens (including phenoxy) is 1. The normalized spacial score (nSPS) is 11.5. The molecular formula is C14H12ClF2NO3S. The van der Waals surface area contributed by atoms with E-state index in [0.29, 0.717) is 22.4 Å². The van der Waals surface area contributed by atoms with Crippen molar-refractivity contribution in [2.45, 2.75) is 11.4 Å². The number of hydrogen-bond acceptors (Lipinski definition) is 3. The quantitative estimate of drug-likeness (QED) is 0.904. The Morgan fingerprint density at radius 3 is 2.50 bits per heavy atom. The van der Waals surface area contributed by atoms with Crippen LogP contribution in [0, 0.1) is 11.6 Å². The summed E-state index contributed by atoms with van der Waals surface area (Å²) in [6.45, 7) is -0.0944. The molecule has 0 saturated carbocycles. The van der Waals surface area contributed by atoms with Gasteiger partial charge < -0.3 is 4.74 Å². The second kappa shape index (κ2) is 6.60. The molecule has 22 heavy (non-hydrogen) atoms. The van der Waals surface area contributed by atoms with E-state index < -0.39 is 26.6 Å². The fraction of sp³-hybridized carbons (Fsp3) is 0.143. The van der Waals surface area contributed by atoms with Crippen LogP contribution in [0.15, 0.2) is 41.3 Å². The van der Waals surface area contributed by atoms with E-state index in [9.17, 15) is 17.2 Å². The second-order valence-corrected chi connectivity index (χ2v) is 6.51. The third-order valence-corrected chi connectivity index (χ3v) is 4.60. The summed E-state index contributed by atoms with van der Waals surface area (Å²) in [5, 5.41) is 0.326. The van der Waals surface area contributed by atoms with E-state index in [-0.39, 0.29) is 6.54 Å². The van der Waals surface area contributed by atoms with E-state index in [1.165, 1.54) is 13.2 Å². The Balaban J connectivity index is 2.17. The zero-order valence-corrected chi connectivity index (χ0v) is 13.0. The van der Waals surface area contributed by atoms with Gasteiger partial charge in [0.2, 0.25) is 10.0 Å². The van der Waals surface area contributed by atoms with Crippen LogP contribution in [0.2, 0.25) is 5.02 Å². The molecule has 2 aromatic rings. The van der Waals surface area contributed by atoms with Crippen LogP contribution in [-0.2, 0) is 16.6 Å². The van der Waals surface area contributed by atoms with Crippen molar-refractivity contribution >= 4 is 21.6 Å². The summed E-state index contributed by atoms with van der Waals surface area (Å²) in [6, 6.07) is 7.00. The predicted octanol–water partition coefficient (Wildman–Crippen LogP) is 3.11. The van der Waals surface area contributed by atoms with Crippen LogP contribution in [0.3, 0.4) is 0 Å². The summed E-state index contributed by atoms with van der Waals surface area (Å²) in [5.74, 6) is -1.54. The molecule has 2 aromatic carbocycles. The van der Waals surface area contributed by atoms with Crippen LogP contribution in [0.5, 0.6) is 5.75 Å². The van der Waals surface area contributed by atoms with Crippen LogP contribution in [0.4, 0.5) is 8.78 Å². The van der Waals surface area contributed by atoms with Gasteiger partial charge in [-0.25, -0.2) is 21.9 Å². The first-order valence-electron chi connectivity index (χ1n) is 6.10. The lowest BCUT2D eigenvalue weighted by Gasteiger charge is -2.09. The first-order valence-corrected chi connectivity index (χ1v) is 7.97. The van der Waals surface area contributed by atoms with Crippen LogP contribution in [0.25, 0.3) is 0 Å². The van der Waals surface area contributed by atoms with Gasteiger partial charge in [0.15, 0.2) is 0 Å². The molecule has 8 heteroatoms. The molecule has 0 fully saturated rings. The van der Waals surface area contributed by atoms with Crippen molar-refractivity contribution in [3.63, 3.8) is 0 Å². The van der Waals surface area contributed by atoms with Crippen LogP contribution >= 0.6 is 11.6 Å². The van der Waals surface area contributed by atoms with E-state index in [0.717, 1.165) is 12.1 Å². The minimum Gasteiger partial charge on any atom is -0.495 e. The molecule has 0 heterocycles. The molecule has 118 valence electrons. The molecule has 0 atom stereocenters. The zero-order valence-electron chi connectivity index (χ0n) is 11.4. The third kappa shape index (κ3) is 3.73. The topological polar surface area (TPSA) is 55.4 Å². The Morgan fingerprint density at radius 2 is 1.91 bits per heavy atom. The summed E-state index contributed by atoms with van der Waals surface area (Å²) in [6.07, 6.45) is 0. The highest BCUT2D eigenvalue weighted by Crippen LogP contribution is 2.25. The molecule has 0 bridgehead atoms. The highest BCUT2D eigenvalue weighted by atomic mass is 35.5. The van der Waals surface area contributed by atoms with E-state index >= 15 is 0 Å². The third-order valence-electron chi connectivity index (χ3n) is 2.87. The molecule has 1 N–H and O–H groups in total. The van der Waals surface area contributed by atoms with Gasteiger partial charge in [0, 0.05) is 12.6 Å². The average molecular weight is 348 g/mol. The molecule has 0 aliphatic rings. The lowest BCUT2D eigenvalue weighted by Crippen LogP contribution is -2.24. The largest absolute Gasteiger partial charge is 0.495 e. The Bertz CT molecular complexity index is 797. The van der Waals surface area contributed by atoms with Gasteiger partial charge >= 0.3 is 0 Å². The van der Waals surface area contributed by atoms with Gasteiger partial charge in [-0.15, -0.1) is 0 Å². The molecule has 0 amide bonds. The molecule has 0 aliphatic heterocycles. The van der Waals surface area contributed by atoms with Crippen molar-refractivity contribution in [1.29, 1.82) is 0 Å². The number of sulfonamides is 1. The summed E-state index contributed by atoms with van der Waals surface area (Å²) >= 11 is 5.94. The monoisotopic (exact) mass is 347 g/mol. The molecule has 0 unspecified atom stereocenters. The Kier molecular flexibility index (Phi) is 5.00. The molecule has 0 aliphatic carbocycles. The number of nitrogens with one attached hydrogen (secondary N) is 1. The van der Waals surface area contributed by atoms with Gasteiger partial charge in [-0.2, -0.15) is 0 Å². The summed E-state index contributed by atoms with van der Waals surface area (Å²) in [7, 11) is -2.64. The number of hydrogen-bond donors (Lipinski definition) is 1. The van der Waals surface area contributed by atoms with Gasteiger partial charge in [0.25, 0.3) is 0 Å². The van der Waals surface area contributed by atoms with Gasteiger partial charge in [0.05, 0.1) is 12.1 Å². The fourth-order valence-electron chi connectivity index (χ4n) is 1.77. The summed E-state index contributed by atoms with van der Waals surface area (Å²) in [4.78, 5) is -0.617. The average Bonchev–Trinajstić information content (AvgIpc) is 2.45. The lowest BCUT2D eigenvalue weighted by atomic mass is 10.2. The Hall–Kier alpha value is -1.70. The lowest BCUT2D eigenvalue weighted by molar-refractivity contribution is 0.415. The fourth-order valence-corrected chi connectivity index (χ4v) is 3.12. The number of halogens is 3.